The number of unbranched alkanes of at least 4 members (excludes halogenated alkanes) is 1. The van der Waals surface area contributed by atoms with E-state index in [-0.39, 0.29) is 6.54 Å². The Balaban J connectivity index is 3.59. The van der Waals surface area contributed by atoms with E-state index in [1.54, 1.807) is 0 Å². The number of hydrogen-bond acceptors (Lipinski definition) is 2. The van der Waals surface area contributed by atoms with Crippen LogP contribution >= 0.6 is 0 Å². The molecule has 0 aliphatic rings. The minimum absolute atomic E-state index is 0.0916. The van der Waals surface area contributed by atoms with Crippen molar-refractivity contribution < 1.29 is 9.90 Å². The van der Waals surface area contributed by atoms with Gasteiger partial charge in [-0.1, -0.05) is 33.1 Å². The van der Waals surface area contributed by atoms with Crippen LogP contribution in [0.2, 0.25) is 0 Å². The molecule has 0 aliphatic carbocycles. The molecule has 0 rings (SSSR count). The molecular formula is C10H21NO2. The van der Waals surface area contributed by atoms with Crippen LogP contribution in [0.25, 0.3) is 0 Å². The Kier molecular flexibility index (Phi) is 7.69. The summed E-state index contributed by atoms with van der Waals surface area (Å²) in [6.07, 6.45) is 5.64. The van der Waals surface area contributed by atoms with Crippen LogP contribution in [0, 0.1) is 0 Å². The molecule has 0 fully saturated rings. The molecule has 13 heavy (non-hydrogen) atoms. The van der Waals surface area contributed by atoms with Gasteiger partial charge in [-0.15, -0.1) is 0 Å². The molecule has 0 aromatic heterocycles. The predicted molar refractivity (Wildman–Crippen MR) is 53.9 cm³/mol. The molecule has 0 spiro atoms. The highest BCUT2D eigenvalue weighted by Crippen LogP contribution is 2.06. The van der Waals surface area contributed by atoms with Gasteiger partial charge in [0.1, 0.15) is 0 Å². The van der Waals surface area contributed by atoms with E-state index in [0.29, 0.717) is 6.04 Å². The van der Waals surface area contributed by atoms with Crippen molar-refractivity contribution >= 4 is 5.97 Å². The third-order valence-corrected chi connectivity index (χ3v) is 2.09. The Bertz CT molecular complexity index is 137. The van der Waals surface area contributed by atoms with Crippen LogP contribution in [-0.2, 0) is 4.79 Å². The molecule has 3 nitrogen and oxygen atoms in total. The highest BCUT2D eigenvalue weighted by Gasteiger charge is 2.07. The van der Waals surface area contributed by atoms with Crippen LogP contribution in [0.4, 0.5) is 0 Å². The SMILES string of the molecule is CCCCC(CCC)NCC(=O)O. The van der Waals surface area contributed by atoms with Crippen molar-refractivity contribution in [3.8, 4) is 0 Å². The smallest absolute Gasteiger partial charge is 0.317 e. The number of hydrogen-bond donors (Lipinski definition) is 2. The minimum Gasteiger partial charge on any atom is -0.480 e. The van der Waals surface area contributed by atoms with Crippen molar-refractivity contribution in [1.82, 2.24) is 5.32 Å². The lowest BCUT2D eigenvalue weighted by atomic mass is 10.1. The third-order valence-electron chi connectivity index (χ3n) is 2.09. The second kappa shape index (κ2) is 8.05. The lowest BCUT2D eigenvalue weighted by Gasteiger charge is -2.16. The molecule has 78 valence electrons. The van der Waals surface area contributed by atoms with Crippen molar-refractivity contribution in [3.63, 3.8) is 0 Å². The zero-order chi connectivity index (χ0) is 10.1. The summed E-state index contributed by atoms with van der Waals surface area (Å²) in [5.41, 5.74) is 0. The molecule has 0 radical (unpaired) electrons. The van der Waals surface area contributed by atoms with E-state index in [0.717, 1.165) is 19.3 Å². The lowest BCUT2D eigenvalue weighted by Crippen LogP contribution is -2.33. The predicted octanol–water partition coefficient (Wildman–Crippen LogP) is 2.02. The van der Waals surface area contributed by atoms with Crippen molar-refractivity contribution in [1.29, 1.82) is 0 Å². The topological polar surface area (TPSA) is 49.3 Å². The maximum absolute atomic E-state index is 10.3. The average molecular weight is 187 g/mol. The van der Waals surface area contributed by atoms with E-state index in [4.69, 9.17) is 5.11 Å². The van der Waals surface area contributed by atoms with Crippen LogP contribution in [0.15, 0.2) is 0 Å². The van der Waals surface area contributed by atoms with Crippen molar-refractivity contribution in [2.45, 2.75) is 52.0 Å². The Hall–Kier alpha value is -0.570. The Labute approximate surface area is 80.5 Å². The molecule has 2 N–H and O–H groups in total. The summed E-state index contributed by atoms with van der Waals surface area (Å²) in [7, 11) is 0. The second-order valence-electron chi connectivity index (χ2n) is 3.40. The number of aliphatic carboxylic acids is 1. The number of carbonyl (C=O) groups is 1. The second-order valence-corrected chi connectivity index (χ2v) is 3.40. The van der Waals surface area contributed by atoms with Crippen molar-refractivity contribution in [2.75, 3.05) is 6.54 Å². The van der Waals surface area contributed by atoms with Crippen LogP contribution < -0.4 is 5.32 Å². The first kappa shape index (κ1) is 12.4. The molecule has 0 amide bonds. The fraction of sp³-hybridized carbons (Fsp3) is 0.900. The monoisotopic (exact) mass is 187 g/mol. The van der Waals surface area contributed by atoms with Gasteiger partial charge in [-0.05, 0) is 12.8 Å². The molecule has 0 saturated carbocycles. The summed E-state index contributed by atoms with van der Waals surface area (Å²) in [4.78, 5) is 10.3. The molecule has 0 saturated heterocycles. The zero-order valence-electron chi connectivity index (χ0n) is 8.68. The van der Waals surface area contributed by atoms with Crippen LogP contribution in [-0.4, -0.2) is 23.7 Å². The number of carboxylic acids is 1. The van der Waals surface area contributed by atoms with E-state index in [1.807, 2.05) is 0 Å². The van der Waals surface area contributed by atoms with E-state index >= 15 is 0 Å². The van der Waals surface area contributed by atoms with Gasteiger partial charge in [0.2, 0.25) is 0 Å². The first-order chi connectivity index (χ1) is 6.20. The van der Waals surface area contributed by atoms with E-state index in [1.165, 1.54) is 12.8 Å². The highest BCUT2D eigenvalue weighted by molar-refractivity contribution is 5.69. The number of carboxylic acid groups (broad SMARTS) is 1. The molecule has 0 aromatic rings. The summed E-state index contributed by atoms with van der Waals surface area (Å²) in [6, 6.07) is 0.390. The number of nitrogens with one attached hydrogen (secondary N) is 1. The molecule has 0 aliphatic heterocycles. The summed E-state index contributed by atoms with van der Waals surface area (Å²) in [6.45, 7) is 4.37. The largest absolute Gasteiger partial charge is 0.480 e. The minimum atomic E-state index is -0.766. The average Bonchev–Trinajstić information content (AvgIpc) is 2.09. The van der Waals surface area contributed by atoms with Crippen LogP contribution in [0.1, 0.15) is 46.0 Å². The van der Waals surface area contributed by atoms with E-state index in [9.17, 15) is 4.79 Å². The van der Waals surface area contributed by atoms with Crippen molar-refractivity contribution in [3.05, 3.63) is 0 Å². The lowest BCUT2D eigenvalue weighted by molar-refractivity contribution is -0.136. The molecule has 0 heterocycles. The van der Waals surface area contributed by atoms with Gasteiger partial charge < -0.3 is 10.4 Å². The molecular weight excluding hydrogens is 166 g/mol. The van der Waals surface area contributed by atoms with Gasteiger partial charge in [0.05, 0.1) is 6.54 Å². The standard InChI is InChI=1S/C10H21NO2/c1-3-5-7-9(6-4-2)11-8-10(12)13/h9,11H,3-8H2,1-2H3,(H,12,13). The summed E-state index contributed by atoms with van der Waals surface area (Å²) >= 11 is 0. The zero-order valence-corrected chi connectivity index (χ0v) is 8.68. The first-order valence-electron chi connectivity index (χ1n) is 5.15. The molecule has 1 unspecified atom stereocenters. The van der Waals surface area contributed by atoms with Crippen LogP contribution in [0.5, 0.6) is 0 Å². The maximum atomic E-state index is 10.3. The summed E-state index contributed by atoms with van der Waals surface area (Å²) < 4.78 is 0. The fourth-order valence-corrected chi connectivity index (χ4v) is 1.38. The van der Waals surface area contributed by atoms with Gasteiger partial charge in [0, 0.05) is 6.04 Å². The van der Waals surface area contributed by atoms with Gasteiger partial charge in [0.25, 0.3) is 0 Å². The van der Waals surface area contributed by atoms with Gasteiger partial charge in [0.15, 0.2) is 0 Å². The van der Waals surface area contributed by atoms with Gasteiger partial charge >= 0.3 is 5.97 Å². The third kappa shape index (κ3) is 7.78. The van der Waals surface area contributed by atoms with Crippen LogP contribution in [0.3, 0.4) is 0 Å². The highest BCUT2D eigenvalue weighted by atomic mass is 16.4. The quantitative estimate of drug-likeness (QED) is 0.611. The van der Waals surface area contributed by atoms with Gasteiger partial charge in [-0.3, -0.25) is 4.79 Å². The maximum Gasteiger partial charge on any atom is 0.317 e. The Morgan fingerprint density at radius 3 is 2.46 bits per heavy atom. The van der Waals surface area contributed by atoms with E-state index < -0.39 is 5.97 Å². The molecule has 0 bridgehead atoms. The Morgan fingerprint density at radius 1 is 1.31 bits per heavy atom. The van der Waals surface area contributed by atoms with Gasteiger partial charge in [-0.2, -0.15) is 0 Å². The van der Waals surface area contributed by atoms with E-state index in [2.05, 4.69) is 19.2 Å². The Morgan fingerprint density at radius 2 is 2.00 bits per heavy atom. The fourth-order valence-electron chi connectivity index (χ4n) is 1.38. The normalized spacial score (nSPS) is 12.8. The molecule has 1 atom stereocenters. The molecule has 3 heteroatoms. The van der Waals surface area contributed by atoms with Gasteiger partial charge in [-0.25, -0.2) is 0 Å². The summed E-state index contributed by atoms with van der Waals surface area (Å²) in [5.74, 6) is -0.766. The number of rotatable bonds is 8. The summed E-state index contributed by atoms with van der Waals surface area (Å²) in [5, 5.41) is 11.5. The van der Waals surface area contributed by atoms with Crippen molar-refractivity contribution in [2.24, 2.45) is 0 Å². The first-order valence-corrected chi connectivity index (χ1v) is 5.15. The molecule has 0 aromatic carbocycles.